The van der Waals surface area contributed by atoms with E-state index in [-0.39, 0.29) is 30.3 Å². The Balaban J connectivity index is 0.00000870. The number of carbonyl (C=O) groups is 6. The number of amides is 6. The van der Waals surface area contributed by atoms with Crippen LogP contribution >= 0.6 is 12.4 Å². The van der Waals surface area contributed by atoms with E-state index in [4.69, 9.17) is 5.73 Å². The smallest absolute Gasteiger partial charge is 0.248 e. The van der Waals surface area contributed by atoms with Gasteiger partial charge in [0.05, 0.1) is 30.5 Å². The Labute approximate surface area is 332 Å². The first kappa shape index (κ1) is 47.1. The van der Waals surface area contributed by atoms with Crippen molar-refractivity contribution in [2.45, 2.75) is 119 Å². The molecule has 15 atom stereocenters. The normalized spacial score (nSPS) is 34.6. The number of nitrogens with zero attached hydrogens (tertiary/aromatic N) is 2. The second-order valence-electron chi connectivity index (χ2n) is 14.6. The van der Waals surface area contributed by atoms with Gasteiger partial charge in [-0.15, -0.1) is 12.4 Å². The van der Waals surface area contributed by atoms with Gasteiger partial charge in [0.1, 0.15) is 54.3 Å². The maximum absolute atomic E-state index is 14.0. The number of fused-ring (bicyclic) bond motifs is 2. The average Bonchev–Trinajstić information content (AvgIpc) is 3.68. The standard InChI is InChI=1S/C34H51N7O15.ClH/c1-12-10-41-24(25(12)47)32(54)39-30(52)20(46)9-18(35)28(50)36-21(13(2)42)33(55)40-11-17(45)8-19(40)29(51)38-23(31(53)37-22(14(3)43)34(41)56)27(49)26(48)15-4-6-16(44)7-5-15;/h4-7,12-14,17-27,30,42-49,52H,8-11,35H2,1-3H3,(H,36,50)(H,37,53)(H,38,51)(H,39,54);1H/t12-,13?,14?,17+,18-,19-,20+,21-,22-,23-,24-,25-,26-,27-,30+;/m0./s1. The highest BCUT2D eigenvalue weighted by atomic mass is 35.5. The Morgan fingerprint density at radius 1 is 0.702 bits per heavy atom. The molecule has 1 aromatic rings. The van der Waals surface area contributed by atoms with Crippen molar-refractivity contribution in [2.24, 2.45) is 11.7 Å². The van der Waals surface area contributed by atoms with Crippen molar-refractivity contribution in [3.63, 3.8) is 0 Å². The molecule has 0 spiro atoms. The molecule has 2 unspecified atom stereocenters. The van der Waals surface area contributed by atoms with E-state index in [0.717, 1.165) is 35.8 Å². The van der Waals surface area contributed by atoms with Gasteiger partial charge in [-0.25, -0.2) is 0 Å². The summed E-state index contributed by atoms with van der Waals surface area (Å²) >= 11 is 0. The molecule has 0 aliphatic carbocycles. The van der Waals surface area contributed by atoms with Crippen molar-refractivity contribution in [2.75, 3.05) is 13.1 Å². The molecule has 15 N–H and O–H groups in total. The van der Waals surface area contributed by atoms with E-state index in [1.165, 1.54) is 19.1 Å². The van der Waals surface area contributed by atoms with Gasteiger partial charge < -0.3 is 82.8 Å². The Morgan fingerprint density at radius 2 is 1.23 bits per heavy atom. The number of aliphatic hydroxyl groups excluding tert-OH is 8. The van der Waals surface area contributed by atoms with Gasteiger partial charge in [-0.3, -0.25) is 28.8 Å². The van der Waals surface area contributed by atoms with Gasteiger partial charge in [0, 0.05) is 31.8 Å². The second-order valence-corrected chi connectivity index (χ2v) is 14.6. The Hall–Kier alpha value is -4.23. The van der Waals surface area contributed by atoms with Gasteiger partial charge in [-0.05, 0) is 31.5 Å². The number of hydrogen-bond donors (Lipinski definition) is 14. The van der Waals surface area contributed by atoms with Crippen LogP contribution in [0.5, 0.6) is 5.75 Å². The molecular formula is C34H52ClN7O15. The van der Waals surface area contributed by atoms with Crippen LogP contribution in [0.25, 0.3) is 0 Å². The molecule has 0 saturated carbocycles. The number of halogens is 1. The fraction of sp³-hybridized carbons (Fsp3) is 0.647. The number of nitrogens with one attached hydrogen (secondary N) is 4. The lowest BCUT2D eigenvalue weighted by Crippen LogP contribution is -2.64. The molecule has 320 valence electrons. The molecule has 3 saturated heterocycles. The molecule has 0 aromatic heterocycles. The largest absolute Gasteiger partial charge is 0.508 e. The van der Waals surface area contributed by atoms with Gasteiger partial charge in [0.15, 0.2) is 6.23 Å². The van der Waals surface area contributed by atoms with Crippen LogP contribution in [-0.4, -0.2) is 183 Å². The molecule has 0 bridgehead atoms. The molecule has 3 fully saturated rings. The SMILES string of the molecule is CC(O)[C@@H]1NC(=O)[C@H]([C@H](O)[C@@H](O)c2ccc(O)cc2)NC(=O)[C@@H]2C[C@@H](O)CN2C(=O)[C@H](C(C)O)NC(=O)[C@@H](N)C[C@@H](O)[C@@H](O)NC(=O)[C@@H]2[C@@H](O)[C@@H](C)CN2C1=O.Cl. The summed E-state index contributed by atoms with van der Waals surface area (Å²) in [6.45, 7) is 2.85. The van der Waals surface area contributed by atoms with Crippen molar-refractivity contribution in [1.29, 1.82) is 0 Å². The van der Waals surface area contributed by atoms with Crippen molar-refractivity contribution < 1.29 is 74.7 Å². The van der Waals surface area contributed by atoms with Crippen molar-refractivity contribution >= 4 is 47.9 Å². The number of aliphatic hydroxyl groups is 8. The molecule has 22 nitrogen and oxygen atoms in total. The van der Waals surface area contributed by atoms with Crippen LogP contribution in [0.2, 0.25) is 0 Å². The third kappa shape index (κ3) is 10.6. The van der Waals surface area contributed by atoms with Gasteiger partial charge in [-0.2, -0.15) is 0 Å². The van der Waals surface area contributed by atoms with E-state index >= 15 is 0 Å². The molecule has 0 radical (unpaired) electrons. The lowest BCUT2D eigenvalue weighted by atomic mass is 9.96. The number of nitrogens with two attached hydrogens (primary N) is 1. The zero-order valence-corrected chi connectivity index (χ0v) is 32.0. The Bertz CT molecular complexity index is 1620. The zero-order chi connectivity index (χ0) is 41.9. The maximum atomic E-state index is 14.0. The lowest BCUT2D eigenvalue weighted by molar-refractivity contribution is -0.148. The van der Waals surface area contributed by atoms with Crippen LogP contribution in [0.1, 0.15) is 45.3 Å². The topological polar surface area (TPSA) is 365 Å². The fourth-order valence-electron chi connectivity index (χ4n) is 6.92. The number of benzene rings is 1. The van der Waals surface area contributed by atoms with E-state index < -0.39 is 146 Å². The molecule has 3 aliphatic heterocycles. The predicted octanol–water partition coefficient (Wildman–Crippen LogP) is -6.88. The minimum Gasteiger partial charge on any atom is -0.508 e. The lowest BCUT2D eigenvalue weighted by Gasteiger charge is -2.34. The van der Waals surface area contributed by atoms with E-state index in [0.29, 0.717) is 0 Å². The minimum atomic E-state index is -2.24. The monoisotopic (exact) mass is 833 g/mol. The van der Waals surface area contributed by atoms with E-state index in [9.17, 15) is 74.7 Å². The number of carbonyl (C=O) groups excluding carboxylic acids is 6. The second kappa shape index (κ2) is 19.5. The van der Waals surface area contributed by atoms with Crippen molar-refractivity contribution in [3.8, 4) is 5.75 Å². The van der Waals surface area contributed by atoms with Crippen molar-refractivity contribution in [1.82, 2.24) is 31.1 Å². The number of rotatable bonds is 5. The summed E-state index contributed by atoms with van der Waals surface area (Å²) in [5, 5.41) is 105. The van der Waals surface area contributed by atoms with Gasteiger partial charge in [0.25, 0.3) is 0 Å². The van der Waals surface area contributed by atoms with Crippen LogP contribution in [0, 0.1) is 5.92 Å². The maximum Gasteiger partial charge on any atom is 0.248 e. The summed E-state index contributed by atoms with van der Waals surface area (Å²) in [6.07, 6.45) is -15.8. The van der Waals surface area contributed by atoms with Gasteiger partial charge in [-0.1, -0.05) is 19.1 Å². The fourth-order valence-corrected chi connectivity index (χ4v) is 6.92. The molecular weight excluding hydrogens is 782 g/mol. The number of hydrogen-bond acceptors (Lipinski definition) is 16. The minimum absolute atomic E-state index is 0. The highest BCUT2D eigenvalue weighted by Gasteiger charge is 2.50. The average molecular weight is 834 g/mol. The first-order valence-corrected chi connectivity index (χ1v) is 18.0. The number of phenolic OH excluding ortho intramolecular Hbond substituents is 1. The summed E-state index contributed by atoms with van der Waals surface area (Å²) < 4.78 is 0. The first-order chi connectivity index (χ1) is 26.1. The molecule has 4 rings (SSSR count). The third-order valence-corrected chi connectivity index (χ3v) is 10.2. The van der Waals surface area contributed by atoms with Gasteiger partial charge in [0.2, 0.25) is 35.4 Å². The first-order valence-electron chi connectivity index (χ1n) is 18.0. The molecule has 3 aliphatic rings. The van der Waals surface area contributed by atoms with E-state index in [2.05, 4.69) is 16.0 Å². The van der Waals surface area contributed by atoms with Crippen LogP contribution in [0.15, 0.2) is 24.3 Å². The van der Waals surface area contributed by atoms with Crippen LogP contribution < -0.4 is 27.0 Å². The summed E-state index contributed by atoms with van der Waals surface area (Å²) in [7, 11) is 0. The number of phenols is 1. The van der Waals surface area contributed by atoms with Crippen LogP contribution in [-0.2, 0) is 28.8 Å². The Kier molecular flexibility index (Phi) is 16.1. The quantitative estimate of drug-likeness (QED) is 0.131. The molecule has 6 amide bonds. The Morgan fingerprint density at radius 3 is 1.79 bits per heavy atom. The highest BCUT2D eigenvalue weighted by molar-refractivity contribution is 5.98. The summed E-state index contributed by atoms with van der Waals surface area (Å²) in [6, 6.07) is -6.28. The summed E-state index contributed by atoms with van der Waals surface area (Å²) in [5.41, 5.74) is 5.88. The summed E-state index contributed by atoms with van der Waals surface area (Å²) in [4.78, 5) is 83.9. The zero-order valence-electron chi connectivity index (χ0n) is 31.2. The highest BCUT2D eigenvalue weighted by Crippen LogP contribution is 2.27. The molecule has 23 heteroatoms. The van der Waals surface area contributed by atoms with E-state index in [1.807, 2.05) is 5.32 Å². The van der Waals surface area contributed by atoms with Gasteiger partial charge >= 0.3 is 0 Å². The van der Waals surface area contributed by atoms with Crippen LogP contribution in [0.3, 0.4) is 0 Å². The van der Waals surface area contributed by atoms with E-state index in [1.54, 1.807) is 0 Å². The predicted molar refractivity (Wildman–Crippen MR) is 195 cm³/mol. The van der Waals surface area contributed by atoms with Crippen molar-refractivity contribution in [3.05, 3.63) is 29.8 Å². The molecule has 1 aromatic carbocycles. The van der Waals surface area contributed by atoms with Crippen LogP contribution in [0.4, 0.5) is 0 Å². The third-order valence-electron chi connectivity index (χ3n) is 10.2. The molecule has 57 heavy (non-hydrogen) atoms. The molecule has 3 heterocycles. The number of aromatic hydroxyl groups is 1. The summed E-state index contributed by atoms with van der Waals surface area (Å²) in [5.74, 6) is -8.12.